The molecule has 0 bridgehead atoms. The average Bonchev–Trinajstić information content (AvgIpc) is 2.88. The lowest BCUT2D eigenvalue weighted by Crippen LogP contribution is -2.48. The summed E-state index contributed by atoms with van der Waals surface area (Å²) in [6.07, 6.45) is 1.47. The molecule has 0 radical (unpaired) electrons. The van der Waals surface area contributed by atoms with Gasteiger partial charge in [-0.1, -0.05) is 54.6 Å². The third-order valence-corrected chi connectivity index (χ3v) is 6.71. The van der Waals surface area contributed by atoms with E-state index < -0.39 is 0 Å². The van der Waals surface area contributed by atoms with E-state index in [4.69, 9.17) is 0 Å². The number of aliphatic hydroxyl groups excluding tert-OH is 1. The molecule has 4 nitrogen and oxygen atoms in total. The maximum Gasteiger partial charge on any atom is 0.115 e. The number of hydrogen-bond acceptors (Lipinski definition) is 4. The van der Waals surface area contributed by atoms with E-state index in [1.807, 2.05) is 18.2 Å². The van der Waals surface area contributed by atoms with Gasteiger partial charge in [-0.25, -0.2) is 0 Å². The van der Waals surface area contributed by atoms with Gasteiger partial charge in [-0.15, -0.1) is 0 Å². The van der Waals surface area contributed by atoms with Crippen LogP contribution in [0.2, 0.25) is 0 Å². The SMILES string of the molecule is CC(C)N1CCN(c2cccc(/C(=C(/CCCO)c3ccccc3)c3ccc(O)cc3)c2)CC1. The van der Waals surface area contributed by atoms with Crippen molar-refractivity contribution in [3.63, 3.8) is 0 Å². The first-order valence-corrected chi connectivity index (χ1v) is 12.3. The number of benzene rings is 3. The quantitative estimate of drug-likeness (QED) is 0.430. The van der Waals surface area contributed by atoms with Crippen molar-refractivity contribution in [3.05, 3.63) is 95.6 Å². The molecule has 1 heterocycles. The predicted molar refractivity (Wildman–Crippen MR) is 142 cm³/mol. The number of phenolic OH excluding ortho intramolecular Hbond substituents is 1. The van der Waals surface area contributed by atoms with Gasteiger partial charge in [0.05, 0.1) is 0 Å². The first kappa shape index (κ1) is 24.1. The molecular weight excluding hydrogens is 420 g/mol. The van der Waals surface area contributed by atoms with Gasteiger partial charge in [-0.3, -0.25) is 4.90 Å². The number of anilines is 1. The highest BCUT2D eigenvalue weighted by molar-refractivity contribution is 5.99. The van der Waals surface area contributed by atoms with Crippen molar-refractivity contribution in [1.82, 2.24) is 4.90 Å². The van der Waals surface area contributed by atoms with Gasteiger partial charge in [0.25, 0.3) is 0 Å². The molecule has 178 valence electrons. The molecule has 4 heteroatoms. The summed E-state index contributed by atoms with van der Waals surface area (Å²) in [6.45, 7) is 8.89. The lowest BCUT2D eigenvalue weighted by molar-refractivity contribution is 0.209. The molecule has 0 amide bonds. The summed E-state index contributed by atoms with van der Waals surface area (Å²) >= 11 is 0. The van der Waals surface area contributed by atoms with Gasteiger partial charge in [0.15, 0.2) is 0 Å². The van der Waals surface area contributed by atoms with Crippen LogP contribution in [0.25, 0.3) is 11.1 Å². The second kappa shape index (κ2) is 11.4. The fourth-order valence-electron chi connectivity index (χ4n) is 4.81. The molecule has 0 spiro atoms. The number of hydrogen-bond donors (Lipinski definition) is 2. The summed E-state index contributed by atoms with van der Waals surface area (Å²) in [5, 5.41) is 19.6. The number of phenols is 1. The first-order chi connectivity index (χ1) is 16.6. The van der Waals surface area contributed by atoms with Crippen molar-refractivity contribution in [2.45, 2.75) is 32.7 Å². The molecule has 1 saturated heterocycles. The Morgan fingerprint density at radius 2 is 1.47 bits per heavy atom. The van der Waals surface area contributed by atoms with Crippen LogP contribution in [0.3, 0.4) is 0 Å². The summed E-state index contributed by atoms with van der Waals surface area (Å²) in [4.78, 5) is 5.01. The predicted octanol–water partition coefficient (Wildman–Crippen LogP) is 5.65. The van der Waals surface area contributed by atoms with Gasteiger partial charge < -0.3 is 15.1 Å². The molecule has 3 aromatic rings. The summed E-state index contributed by atoms with van der Waals surface area (Å²) < 4.78 is 0. The number of aromatic hydroxyl groups is 1. The molecule has 0 saturated carbocycles. The minimum atomic E-state index is 0.152. The van der Waals surface area contributed by atoms with Crippen molar-refractivity contribution in [2.75, 3.05) is 37.7 Å². The van der Waals surface area contributed by atoms with Gasteiger partial charge in [0.2, 0.25) is 0 Å². The zero-order valence-electron chi connectivity index (χ0n) is 20.3. The normalized spacial score (nSPS) is 15.5. The smallest absolute Gasteiger partial charge is 0.115 e. The van der Waals surface area contributed by atoms with Crippen LogP contribution in [0.1, 0.15) is 43.4 Å². The summed E-state index contributed by atoms with van der Waals surface area (Å²) in [6, 6.07) is 27.3. The number of rotatable bonds is 8. The molecule has 1 aliphatic heterocycles. The van der Waals surface area contributed by atoms with E-state index in [1.165, 1.54) is 11.3 Å². The topological polar surface area (TPSA) is 46.9 Å². The Hall–Kier alpha value is -3.08. The molecule has 0 unspecified atom stereocenters. The standard InChI is InChI=1S/C30H36N2O2/c1-23(2)31-17-19-32(20-18-31)27-11-6-10-26(22-27)30(25-13-15-28(34)16-14-25)29(12-7-21-33)24-8-4-3-5-9-24/h3-6,8-11,13-16,22-23,33-34H,7,12,17-21H2,1-2H3/b30-29-. The Labute approximate surface area is 203 Å². The average molecular weight is 457 g/mol. The minimum absolute atomic E-state index is 0.152. The molecule has 34 heavy (non-hydrogen) atoms. The van der Waals surface area contributed by atoms with Gasteiger partial charge in [-0.05, 0) is 78.8 Å². The van der Waals surface area contributed by atoms with Crippen LogP contribution in [0.15, 0.2) is 78.9 Å². The highest BCUT2D eigenvalue weighted by atomic mass is 16.3. The van der Waals surface area contributed by atoms with E-state index >= 15 is 0 Å². The number of piperazine rings is 1. The summed E-state index contributed by atoms with van der Waals surface area (Å²) in [5.41, 5.74) is 6.99. The molecule has 1 aliphatic rings. The summed E-state index contributed by atoms with van der Waals surface area (Å²) in [7, 11) is 0. The highest BCUT2D eigenvalue weighted by Gasteiger charge is 2.20. The van der Waals surface area contributed by atoms with Crippen molar-refractivity contribution < 1.29 is 10.2 Å². The fourth-order valence-corrected chi connectivity index (χ4v) is 4.81. The van der Waals surface area contributed by atoms with Crippen LogP contribution in [-0.4, -0.2) is 53.9 Å². The largest absolute Gasteiger partial charge is 0.508 e. The van der Waals surface area contributed by atoms with Gasteiger partial charge >= 0.3 is 0 Å². The minimum Gasteiger partial charge on any atom is -0.508 e. The van der Waals surface area contributed by atoms with Crippen LogP contribution in [-0.2, 0) is 0 Å². The third-order valence-electron chi connectivity index (χ3n) is 6.71. The van der Waals surface area contributed by atoms with Crippen LogP contribution >= 0.6 is 0 Å². The molecule has 2 N–H and O–H groups in total. The number of nitrogens with zero attached hydrogens (tertiary/aromatic N) is 2. The van der Waals surface area contributed by atoms with Crippen molar-refractivity contribution >= 4 is 16.8 Å². The van der Waals surface area contributed by atoms with Crippen LogP contribution in [0.4, 0.5) is 5.69 Å². The molecule has 0 aromatic heterocycles. The van der Waals surface area contributed by atoms with E-state index in [0.29, 0.717) is 12.5 Å². The zero-order chi connectivity index (χ0) is 23.9. The van der Waals surface area contributed by atoms with Gasteiger partial charge in [0, 0.05) is 44.5 Å². The van der Waals surface area contributed by atoms with Gasteiger partial charge in [-0.2, -0.15) is 0 Å². The Morgan fingerprint density at radius 3 is 2.12 bits per heavy atom. The molecule has 1 fully saturated rings. The van der Waals surface area contributed by atoms with Gasteiger partial charge in [0.1, 0.15) is 5.75 Å². The molecule has 4 rings (SSSR count). The monoisotopic (exact) mass is 456 g/mol. The lowest BCUT2D eigenvalue weighted by atomic mass is 9.87. The Bertz CT molecular complexity index is 1080. The lowest BCUT2D eigenvalue weighted by Gasteiger charge is -2.38. The zero-order valence-corrected chi connectivity index (χ0v) is 20.3. The number of allylic oxidation sites excluding steroid dienone is 1. The molecule has 0 atom stereocenters. The Kier molecular flexibility index (Phi) is 8.04. The van der Waals surface area contributed by atoms with E-state index in [2.05, 4.69) is 72.2 Å². The second-order valence-electron chi connectivity index (χ2n) is 9.26. The van der Waals surface area contributed by atoms with E-state index in [0.717, 1.165) is 54.9 Å². The fraction of sp³-hybridized carbons (Fsp3) is 0.333. The van der Waals surface area contributed by atoms with E-state index in [9.17, 15) is 10.2 Å². The maximum absolute atomic E-state index is 9.92. The van der Waals surface area contributed by atoms with E-state index in [1.54, 1.807) is 12.1 Å². The maximum atomic E-state index is 9.92. The van der Waals surface area contributed by atoms with Crippen LogP contribution < -0.4 is 4.90 Å². The first-order valence-electron chi connectivity index (χ1n) is 12.3. The number of aliphatic hydroxyl groups is 1. The molecule has 3 aromatic carbocycles. The molecular formula is C30H36N2O2. The Morgan fingerprint density at radius 1 is 0.794 bits per heavy atom. The van der Waals surface area contributed by atoms with Crippen LogP contribution in [0.5, 0.6) is 5.75 Å². The Balaban J connectivity index is 1.79. The van der Waals surface area contributed by atoms with E-state index in [-0.39, 0.29) is 12.4 Å². The van der Waals surface area contributed by atoms with Crippen LogP contribution in [0, 0.1) is 0 Å². The highest BCUT2D eigenvalue weighted by Crippen LogP contribution is 2.37. The van der Waals surface area contributed by atoms with Crippen molar-refractivity contribution in [3.8, 4) is 5.75 Å². The third kappa shape index (κ3) is 5.69. The van der Waals surface area contributed by atoms with Crippen molar-refractivity contribution in [1.29, 1.82) is 0 Å². The molecule has 0 aliphatic carbocycles. The van der Waals surface area contributed by atoms with Crippen molar-refractivity contribution in [2.24, 2.45) is 0 Å². The second-order valence-corrected chi connectivity index (χ2v) is 9.26. The summed E-state index contributed by atoms with van der Waals surface area (Å²) in [5.74, 6) is 0.261.